The van der Waals surface area contributed by atoms with E-state index in [0.29, 0.717) is 18.0 Å². The maximum atomic E-state index is 11.8. The predicted octanol–water partition coefficient (Wildman–Crippen LogP) is -0.197. The van der Waals surface area contributed by atoms with E-state index < -0.39 is 0 Å². The molecule has 0 aliphatic rings. The predicted molar refractivity (Wildman–Crippen MR) is 71.2 cm³/mol. The number of esters is 1. The van der Waals surface area contributed by atoms with Gasteiger partial charge in [-0.3, -0.25) is 19.6 Å². The molecule has 0 amide bonds. The molecule has 8 heteroatoms. The van der Waals surface area contributed by atoms with Gasteiger partial charge in [-0.1, -0.05) is 6.92 Å². The number of hydrogen-bond donors (Lipinski definition) is 1. The molecule has 2 aromatic rings. The number of nitrogens with one attached hydrogen (secondary N) is 1. The zero-order valence-corrected chi connectivity index (χ0v) is 11.5. The molecule has 0 unspecified atom stereocenters. The third-order valence-corrected chi connectivity index (χ3v) is 2.83. The highest BCUT2D eigenvalue weighted by Crippen LogP contribution is 2.02. The summed E-state index contributed by atoms with van der Waals surface area (Å²) < 4.78 is 5.92. The van der Waals surface area contributed by atoms with Gasteiger partial charge in [-0.05, 0) is 13.0 Å². The maximum Gasteiger partial charge on any atom is 0.319 e. The second-order valence-electron chi connectivity index (χ2n) is 4.40. The minimum atomic E-state index is -0.309. The van der Waals surface area contributed by atoms with Crippen LogP contribution in [0.15, 0.2) is 17.2 Å². The van der Waals surface area contributed by atoms with E-state index >= 15 is 0 Å². The van der Waals surface area contributed by atoms with E-state index in [2.05, 4.69) is 19.8 Å². The number of methoxy groups -OCH3 is 1. The third kappa shape index (κ3) is 3.21. The Balaban J connectivity index is 2.19. The van der Waals surface area contributed by atoms with Crippen LogP contribution in [0.2, 0.25) is 0 Å². The molecule has 0 spiro atoms. The van der Waals surface area contributed by atoms with Crippen molar-refractivity contribution in [1.82, 2.24) is 24.5 Å². The van der Waals surface area contributed by atoms with Crippen LogP contribution in [-0.4, -0.2) is 50.7 Å². The van der Waals surface area contributed by atoms with E-state index in [1.165, 1.54) is 24.0 Å². The normalized spacial score (nSPS) is 11.2. The lowest BCUT2D eigenvalue weighted by Crippen LogP contribution is -2.32. The van der Waals surface area contributed by atoms with Crippen molar-refractivity contribution in [2.75, 3.05) is 20.2 Å². The number of carbonyl (C=O) groups excluding carboxylic acids is 1. The average Bonchev–Trinajstić information content (AvgIpc) is 2.87. The fourth-order valence-electron chi connectivity index (χ4n) is 1.96. The van der Waals surface area contributed by atoms with Gasteiger partial charge < -0.3 is 4.74 Å². The maximum absolute atomic E-state index is 11.8. The molecule has 8 nitrogen and oxygen atoms in total. The third-order valence-electron chi connectivity index (χ3n) is 2.83. The van der Waals surface area contributed by atoms with Crippen LogP contribution in [0.1, 0.15) is 19.0 Å². The number of rotatable bonds is 6. The molecule has 0 bridgehead atoms. The molecular weight excluding hydrogens is 262 g/mol. The fraction of sp³-hybridized carbons (Fsp3) is 0.500. The van der Waals surface area contributed by atoms with E-state index in [-0.39, 0.29) is 18.1 Å². The van der Waals surface area contributed by atoms with Crippen LogP contribution in [-0.2, 0) is 16.1 Å². The molecule has 20 heavy (non-hydrogen) atoms. The molecule has 0 atom stereocenters. The fourth-order valence-corrected chi connectivity index (χ4v) is 1.96. The van der Waals surface area contributed by atoms with Crippen LogP contribution in [0.3, 0.4) is 0 Å². The molecule has 0 aromatic carbocycles. The number of ether oxygens (including phenoxy) is 1. The molecule has 0 saturated heterocycles. The number of aromatic amines is 1. The minimum absolute atomic E-state index is 0.173. The second kappa shape index (κ2) is 6.29. The number of H-pyrrole nitrogens is 1. The van der Waals surface area contributed by atoms with E-state index in [1.807, 2.05) is 11.8 Å². The molecule has 0 aliphatic heterocycles. The summed E-state index contributed by atoms with van der Waals surface area (Å²) >= 11 is 0. The molecule has 0 aliphatic carbocycles. The summed E-state index contributed by atoms with van der Waals surface area (Å²) in [5, 5.41) is 2.68. The Bertz CT molecular complexity index is 648. The van der Waals surface area contributed by atoms with Gasteiger partial charge in [0.05, 0.1) is 19.3 Å². The summed E-state index contributed by atoms with van der Waals surface area (Å²) in [5.41, 5.74) is 0.358. The molecule has 0 fully saturated rings. The van der Waals surface area contributed by atoms with Crippen molar-refractivity contribution in [3.8, 4) is 0 Å². The first-order chi connectivity index (χ1) is 9.63. The zero-order chi connectivity index (χ0) is 14.5. The van der Waals surface area contributed by atoms with Gasteiger partial charge in [-0.25, -0.2) is 9.97 Å². The van der Waals surface area contributed by atoms with E-state index in [4.69, 9.17) is 0 Å². The molecule has 0 saturated carbocycles. The first kappa shape index (κ1) is 14.2. The van der Waals surface area contributed by atoms with Gasteiger partial charge in [0.25, 0.3) is 11.3 Å². The van der Waals surface area contributed by atoms with Crippen LogP contribution in [0, 0.1) is 0 Å². The highest BCUT2D eigenvalue weighted by atomic mass is 16.5. The Morgan fingerprint density at radius 3 is 3.05 bits per heavy atom. The van der Waals surface area contributed by atoms with Gasteiger partial charge in [0.15, 0.2) is 0 Å². The zero-order valence-electron chi connectivity index (χ0n) is 11.5. The van der Waals surface area contributed by atoms with Crippen molar-refractivity contribution in [1.29, 1.82) is 0 Å². The second-order valence-corrected chi connectivity index (χ2v) is 4.40. The summed E-state index contributed by atoms with van der Waals surface area (Å²) in [4.78, 5) is 33.3. The highest BCUT2D eigenvalue weighted by molar-refractivity contribution is 5.71. The minimum Gasteiger partial charge on any atom is -0.468 e. The first-order valence-corrected chi connectivity index (χ1v) is 6.35. The summed E-state index contributed by atoms with van der Waals surface area (Å²) in [5.74, 6) is 0.0121. The largest absolute Gasteiger partial charge is 0.468 e. The number of aromatic nitrogens is 4. The summed E-state index contributed by atoms with van der Waals surface area (Å²) in [6, 6.07) is 1.44. The molecule has 2 rings (SSSR count). The van der Waals surface area contributed by atoms with Crippen molar-refractivity contribution >= 4 is 11.7 Å². The van der Waals surface area contributed by atoms with Crippen molar-refractivity contribution in [3.05, 3.63) is 28.4 Å². The van der Waals surface area contributed by atoms with E-state index in [9.17, 15) is 9.59 Å². The van der Waals surface area contributed by atoms with Crippen LogP contribution in [0.4, 0.5) is 0 Å². The molecule has 2 heterocycles. The Morgan fingerprint density at radius 2 is 2.35 bits per heavy atom. The van der Waals surface area contributed by atoms with Crippen LogP contribution < -0.4 is 5.56 Å². The SMILES string of the molecule is CCCN(CC(=O)OC)Cc1cc(=O)n2[nH]cnc2n1. The van der Waals surface area contributed by atoms with Crippen LogP contribution in [0.5, 0.6) is 0 Å². The number of fused-ring (bicyclic) bond motifs is 1. The number of nitrogens with zero attached hydrogens (tertiary/aromatic N) is 4. The van der Waals surface area contributed by atoms with Gasteiger partial charge in [0.1, 0.15) is 6.33 Å². The van der Waals surface area contributed by atoms with Gasteiger partial charge in [0, 0.05) is 12.6 Å². The molecule has 0 radical (unpaired) electrons. The topological polar surface area (TPSA) is 92.6 Å². The lowest BCUT2D eigenvalue weighted by Gasteiger charge is -2.19. The lowest BCUT2D eigenvalue weighted by atomic mass is 10.3. The van der Waals surface area contributed by atoms with Crippen LogP contribution in [0.25, 0.3) is 5.78 Å². The lowest BCUT2D eigenvalue weighted by molar-refractivity contribution is -0.142. The average molecular weight is 279 g/mol. The van der Waals surface area contributed by atoms with Gasteiger partial charge in [-0.2, -0.15) is 4.52 Å². The smallest absolute Gasteiger partial charge is 0.319 e. The monoisotopic (exact) mass is 279 g/mol. The van der Waals surface area contributed by atoms with Crippen molar-refractivity contribution in [3.63, 3.8) is 0 Å². The van der Waals surface area contributed by atoms with Gasteiger partial charge >= 0.3 is 5.97 Å². The molecule has 2 aromatic heterocycles. The van der Waals surface area contributed by atoms with Gasteiger partial charge in [-0.15, -0.1) is 0 Å². The Hall–Kier alpha value is -2.22. The Labute approximate surface area is 115 Å². The van der Waals surface area contributed by atoms with E-state index in [0.717, 1.165) is 13.0 Å². The first-order valence-electron chi connectivity index (χ1n) is 6.35. The summed E-state index contributed by atoms with van der Waals surface area (Å²) in [6.07, 6.45) is 2.30. The Morgan fingerprint density at radius 1 is 1.55 bits per heavy atom. The van der Waals surface area contributed by atoms with Crippen molar-refractivity contribution < 1.29 is 9.53 Å². The van der Waals surface area contributed by atoms with Crippen molar-refractivity contribution in [2.45, 2.75) is 19.9 Å². The highest BCUT2D eigenvalue weighted by Gasteiger charge is 2.13. The summed E-state index contributed by atoms with van der Waals surface area (Å²) in [7, 11) is 1.35. The van der Waals surface area contributed by atoms with Gasteiger partial charge in [0.2, 0.25) is 0 Å². The Kier molecular flexibility index (Phi) is 4.46. The standard InChI is InChI=1S/C12H17N5O3/c1-3-4-16(7-11(19)20-2)6-9-5-10(18)17-12(15-9)13-8-14-17/h5,8H,3-4,6-7H2,1-2H3,(H,13,14,15). The number of hydrogen-bond acceptors (Lipinski definition) is 6. The van der Waals surface area contributed by atoms with Crippen LogP contribution >= 0.6 is 0 Å². The molecule has 108 valence electrons. The molecule has 1 N–H and O–H groups in total. The van der Waals surface area contributed by atoms with Crippen molar-refractivity contribution in [2.24, 2.45) is 0 Å². The number of carbonyl (C=O) groups is 1. The summed E-state index contributed by atoms with van der Waals surface area (Å²) in [6.45, 7) is 3.31. The molecular formula is C12H17N5O3. The van der Waals surface area contributed by atoms with E-state index in [1.54, 1.807) is 0 Å². The quantitative estimate of drug-likeness (QED) is 0.736.